The van der Waals surface area contributed by atoms with Gasteiger partial charge in [0.15, 0.2) is 5.78 Å². The summed E-state index contributed by atoms with van der Waals surface area (Å²) in [5.74, 6) is -0.724. The lowest BCUT2D eigenvalue weighted by molar-refractivity contribution is -0.114. The fourth-order valence-electron chi connectivity index (χ4n) is 2.50. The van der Waals surface area contributed by atoms with Crippen molar-refractivity contribution in [3.8, 4) is 5.75 Å². The zero-order valence-corrected chi connectivity index (χ0v) is 14.0. The maximum Gasteiger partial charge on any atom is 0.342 e. The van der Waals surface area contributed by atoms with E-state index >= 15 is 0 Å². The third kappa shape index (κ3) is 5.76. The van der Waals surface area contributed by atoms with Gasteiger partial charge in [-0.15, -0.1) is 0 Å². The number of cyclic esters (lactones) is 1. The molecule has 0 unspecified atom stereocenters. The number of anilines is 1. The molecule has 1 aromatic rings. The Labute approximate surface area is 146 Å². The number of aliphatic hydroxyl groups is 1. The number of phenolic OH excluding ortho intramolecular Hbond substituents is 1. The van der Waals surface area contributed by atoms with Crippen LogP contribution in [-0.4, -0.2) is 41.7 Å². The molecule has 0 aromatic heterocycles. The maximum atomic E-state index is 12.3. The van der Waals surface area contributed by atoms with Crippen molar-refractivity contribution in [2.75, 3.05) is 25.1 Å². The first-order chi connectivity index (χ1) is 12.1. The van der Waals surface area contributed by atoms with E-state index in [1.165, 1.54) is 12.1 Å². The van der Waals surface area contributed by atoms with E-state index in [1.54, 1.807) is 18.2 Å². The van der Waals surface area contributed by atoms with Gasteiger partial charge in [0.25, 0.3) is 0 Å². The Morgan fingerprint density at radius 2 is 1.92 bits per heavy atom. The van der Waals surface area contributed by atoms with Gasteiger partial charge in [-0.1, -0.05) is 18.2 Å². The maximum absolute atomic E-state index is 12.3. The molecule has 0 spiro atoms. The topological polar surface area (TPSA) is 95.9 Å². The highest BCUT2D eigenvalue weighted by Gasteiger charge is 2.18. The highest BCUT2D eigenvalue weighted by molar-refractivity contribution is 5.97. The average Bonchev–Trinajstić information content (AvgIpc) is 2.58. The van der Waals surface area contributed by atoms with E-state index in [2.05, 4.69) is 5.32 Å². The predicted molar refractivity (Wildman–Crippen MR) is 95.6 cm³/mol. The Morgan fingerprint density at radius 1 is 1.12 bits per heavy atom. The Hall–Kier alpha value is -2.60. The molecule has 3 N–H and O–H groups in total. The number of benzene rings is 1. The molecule has 25 heavy (non-hydrogen) atoms. The van der Waals surface area contributed by atoms with Crippen LogP contribution in [0.15, 0.2) is 30.4 Å². The molecule has 0 atom stereocenters. The van der Waals surface area contributed by atoms with Gasteiger partial charge in [0.05, 0.1) is 13.2 Å². The normalized spacial score (nSPS) is 18.6. The van der Waals surface area contributed by atoms with Gasteiger partial charge in [-0.05, 0) is 37.0 Å². The number of aromatic hydroxyl groups is 1. The lowest BCUT2D eigenvalue weighted by Gasteiger charge is -2.12. The van der Waals surface area contributed by atoms with Crippen molar-refractivity contribution >= 4 is 23.5 Å². The molecular formula is C19H23NO5. The van der Waals surface area contributed by atoms with E-state index in [1.807, 2.05) is 6.08 Å². The van der Waals surface area contributed by atoms with E-state index in [4.69, 9.17) is 9.84 Å². The zero-order valence-electron chi connectivity index (χ0n) is 14.0. The van der Waals surface area contributed by atoms with Crippen LogP contribution in [0.5, 0.6) is 5.75 Å². The lowest BCUT2D eigenvalue weighted by atomic mass is 10.0. The van der Waals surface area contributed by atoms with Crippen LogP contribution in [-0.2, 0) is 9.53 Å². The van der Waals surface area contributed by atoms with Gasteiger partial charge in [0, 0.05) is 24.7 Å². The number of carbonyl (C=O) groups excluding carboxylic acids is 2. The number of esters is 1. The third-order valence-corrected chi connectivity index (χ3v) is 3.71. The van der Waals surface area contributed by atoms with Crippen LogP contribution in [0.1, 0.15) is 41.6 Å². The summed E-state index contributed by atoms with van der Waals surface area (Å²) in [6.45, 7) is 0.424. The Morgan fingerprint density at radius 3 is 2.72 bits per heavy atom. The van der Waals surface area contributed by atoms with E-state index in [-0.39, 0.29) is 30.3 Å². The minimum atomic E-state index is -0.609. The molecule has 0 amide bonds. The number of aliphatic hydroxyl groups excluding tert-OH is 1. The molecule has 0 saturated heterocycles. The number of fused-ring (bicyclic) bond motifs is 1. The number of ether oxygens (including phenoxy) is 1. The Balaban J connectivity index is 2.30. The molecule has 1 aliphatic heterocycles. The summed E-state index contributed by atoms with van der Waals surface area (Å²) in [6.07, 6.45) is 9.14. The summed E-state index contributed by atoms with van der Waals surface area (Å²) >= 11 is 0. The first kappa shape index (κ1) is 18.7. The standard InChI is InChI=1S/C19H23NO5/c21-10-9-20-15-12-14-6-2-1-3-7-16(22)8-4-5-11-25-19(24)18(14)17(23)13-15/h2,4,6,8,12-13,20-21,23H,1,3,5,7,9-11H2/b6-2+,8-4-. The monoisotopic (exact) mass is 345 g/mol. The molecule has 1 heterocycles. The van der Waals surface area contributed by atoms with Crippen molar-refractivity contribution in [3.05, 3.63) is 41.5 Å². The lowest BCUT2D eigenvalue weighted by Crippen LogP contribution is -2.10. The van der Waals surface area contributed by atoms with Gasteiger partial charge in [-0.2, -0.15) is 0 Å². The van der Waals surface area contributed by atoms with Crippen molar-refractivity contribution in [2.24, 2.45) is 0 Å². The van der Waals surface area contributed by atoms with E-state index in [9.17, 15) is 14.7 Å². The van der Waals surface area contributed by atoms with Crippen LogP contribution in [0.4, 0.5) is 5.69 Å². The highest BCUT2D eigenvalue weighted by atomic mass is 16.5. The van der Waals surface area contributed by atoms with Gasteiger partial charge in [0.2, 0.25) is 0 Å². The molecule has 0 bridgehead atoms. The zero-order chi connectivity index (χ0) is 18.1. The molecule has 1 aliphatic rings. The molecule has 0 fully saturated rings. The van der Waals surface area contributed by atoms with Crippen molar-refractivity contribution in [1.29, 1.82) is 0 Å². The second kappa shape index (κ2) is 9.64. The van der Waals surface area contributed by atoms with E-state index < -0.39 is 5.97 Å². The van der Waals surface area contributed by atoms with Crippen LogP contribution in [0, 0.1) is 0 Å². The number of nitrogens with one attached hydrogen (secondary N) is 1. The third-order valence-electron chi connectivity index (χ3n) is 3.71. The van der Waals surface area contributed by atoms with Gasteiger partial charge in [-0.25, -0.2) is 4.79 Å². The number of carbonyl (C=O) groups is 2. The molecule has 0 saturated carbocycles. The second-order valence-corrected chi connectivity index (χ2v) is 5.70. The molecule has 2 rings (SSSR count). The van der Waals surface area contributed by atoms with Crippen molar-refractivity contribution in [3.63, 3.8) is 0 Å². The summed E-state index contributed by atoms with van der Waals surface area (Å²) in [5.41, 5.74) is 1.24. The van der Waals surface area contributed by atoms with Crippen LogP contribution < -0.4 is 5.32 Å². The van der Waals surface area contributed by atoms with Crippen molar-refractivity contribution < 1.29 is 24.5 Å². The summed E-state index contributed by atoms with van der Waals surface area (Å²) in [5, 5.41) is 22.1. The fourth-order valence-corrected chi connectivity index (χ4v) is 2.50. The second-order valence-electron chi connectivity index (χ2n) is 5.70. The van der Waals surface area contributed by atoms with Crippen molar-refractivity contribution in [2.45, 2.75) is 25.7 Å². The van der Waals surface area contributed by atoms with E-state index in [0.717, 1.165) is 0 Å². The van der Waals surface area contributed by atoms with Gasteiger partial charge >= 0.3 is 5.97 Å². The first-order valence-electron chi connectivity index (χ1n) is 8.36. The highest BCUT2D eigenvalue weighted by Crippen LogP contribution is 2.29. The minimum Gasteiger partial charge on any atom is -0.507 e. The smallest absolute Gasteiger partial charge is 0.342 e. The quantitative estimate of drug-likeness (QED) is 0.729. The molecule has 0 aliphatic carbocycles. The number of phenols is 1. The summed E-state index contributed by atoms with van der Waals surface area (Å²) < 4.78 is 5.19. The first-order valence-corrected chi connectivity index (χ1v) is 8.36. The molecule has 6 heteroatoms. The fraction of sp³-hybridized carbons (Fsp3) is 0.368. The average molecular weight is 345 g/mol. The number of rotatable bonds is 3. The molecular weight excluding hydrogens is 322 g/mol. The van der Waals surface area contributed by atoms with Gasteiger partial charge < -0.3 is 20.3 Å². The van der Waals surface area contributed by atoms with Gasteiger partial charge in [0.1, 0.15) is 11.3 Å². The molecule has 6 nitrogen and oxygen atoms in total. The van der Waals surface area contributed by atoms with Crippen LogP contribution >= 0.6 is 0 Å². The summed E-state index contributed by atoms with van der Waals surface area (Å²) in [7, 11) is 0. The largest absolute Gasteiger partial charge is 0.507 e. The number of ketones is 1. The number of hydrogen-bond acceptors (Lipinski definition) is 6. The number of allylic oxidation sites excluding steroid dienone is 2. The van der Waals surface area contributed by atoms with Crippen LogP contribution in [0.2, 0.25) is 0 Å². The predicted octanol–water partition coefficient (Wildman–Crippen LogP) is 2.67. The van der Waals surface area contributed by atoms with Gasteiger partial charge in [-0.3, -0.25) is 4.79 Å². The molecule has 0 radical (unpaired) electrons. The number of hydrogen-bond donors (Lipinski definition) is 3. The molecule has 134 valence electrons. The Bertz CT molecular complexity index is 679. The van der Waals surface area contributed by atoms with Crippen LogP contribution in [0.3, 0.4) is 0 Å². The minimum absolute atomic E-state index is 0.0444. The SMILES string of the molecule is O=C1/C=C\CCOC(=O)c2c(O)cc(NCCO)cc2/C=C/CCC1. The summed E-state index contributed by atoms with van der Waals surface area (Å²) in [6, 6.07) is 3.16. The van der Waals surface area contributed by atoms with Crippen molar-refractivity contribution in [1.82, 2.24) is 0 Å². The van der Waals surface area contributed by atoms with Crippen LogP contribution in [0.25, 0.3) is 6.08 Å². The molecule has 1 aromatic carbocycles. The Kier molecular flexibility index (Phi) is 7.22. The summed E-state index contributed by atoms with van der Waals surface area (Å²) in [4.78, 5) is 23.9. The van der Waals surface area contributed by atoms with E-state index in [0.29, 0.717) is 43.5 Å².